The first-order chi connectivity index (χ1) is 10.1. The van der Waals surface area contributed by atoms with Crippen LogP contribution in [0.1, 0.15) is 44.0 Å². The molecule has 0 saturated carbocycles. The van der Waals surface area contributed by atoms with E-state index in [0.717, 1.165) is 12.3 Å². The van der Waals surface area contributed by atoms with Crippen molar-refractivity contribution in [3.05, 3.63) is 29.8 Å². The van der Waals surface area contributed by atoms with Crippen LogP contribution in [0.15, 0.2) is 24.3 Å². The summed E-state index contributed by atoms with van der Waals surface area (Å²) in [5.74, 6) is 1.31. The smallest absolute Gasteiger partial charge is 0.251 e. The molecule has 1 fully saturated rings. The van der Waals surface area contributed by atoms with Crippen molar-refractivity contribution in [3.8, 4) is 5.75 Å². The number of piperidine rings is 1. The zero-order chi connectivity index (χ0) is 15.2. The maximum atomic E-state index is 12.2. The van der Waals surface area contributed by atoms with Crippen LogP contribution in [0.25, 0.3) is 0 Å². The Morgan fingerprint density at radius 1 is 1.48 bits per heavy atom. The van der Waals surface area contributed by atoms with Gasteiger partial charge in [0, 0.05) is 18.2 Å². The fraction of sp³-hybridized carbons (Fsp3) is 0.588. The highest BCUT2D eigenvalue weighted by Crippen LogP contribution is 2.16. The summed E-state index contributed by atoms with van der Waals surface area (Å²) in [4.78, 5) is 12.2. The summed E-state index contributed by atoms with van der Waals surface area (Å²) < 4.78 is 5.62. The Morgan fingerprint density at radius 2 is 2.29 bits per heavy atom. The van der Waals surface area contributed by atoms with E-state index in [1.165, 1.54) is 12.8 Å². The van der Waals surface area contributed by atoms with Crippen LogP contribution in [0.5, 0.6) is 5.75 Å². The summed E-state index contributed by atoms with van der Waals surface area (Å²) in [6, 6.07) is 7.72. The molecule has 1 aromatic rings. The predicted octanol–water partition coefficient (Wildman–Crippen LogP) is 2.59. The minimum atomic E-state index is -0.0382. The SMILES string of the molecule is CC(C)Oc1cccc(C(=O)NCC2NCCCC2C)c1. The average molecular weight is 290 g/mol. The Labute approximate surface area is 127 Å². The molecule has 1 saturated heterocycles. The van der Waals surface area contributed by atoms with E-state index in [0.29, 0.717) is 24.1 Å². The molecular formula is C17H26N2O2. The summed E-state index contributed by atoms with van der Waals surface area (Å²) >= 11 is 0. The van der Waals surface area contributed by atoms with Gasteiger partial charge in [0.25, 0.3) is 5.91 Å². The largest absolute Gasteiger partial charge is 0.491 e. The fourth-order valence-electron chi connectivity index (χ4n) is 2.67. The first-order valence-corrected chi connectivity index (χ1v) is 7.84. The van der Waals surface area contributed by atoms with E-state index in [9.17, 15) is 4.79 Å². The number of ether oxygens (including phenoxy) is 1. The number of benzene rings is 1. The molecule has 2 rings (SSSR count). The van der Waals surface area contributed by atoms with Crippen molar-refractivity contribution in [1.29, 1.82) is 0 Å². The molecule has 4 heteroatoms. The molecule has 0 aromatic heterocycles. The number of carbonyl (C=O) groups excluding carboxylic acids is 1. The molecular weight excluding hydrogens is 264 g/mol. The quantitative estimate of drug-likeness (QED) is 0.876. The highest BCUT2D eigenvalue weighted by molar-refractivity contribution is 5.94. The second-order valence-electron chi connectivity index (χ2n) is 6.08. The van der Waals surface area contributed by atoms with Crippen molar-refractivity contribution in [2.75, 3.05) is 13.1 Å². The zero-order valence-electron chi connectivity index (χ0n) is 13.2. The first-order valence-electron chi connectivity index (χ1n) is 7.84. The number of amides is 1. The van der Waals surface area contributed by atoms with Gasteiger partial charge in [0.15, 0.2) is 0 Å². The van der Waals surface area contributed by atoms with Gasteiger partial charge < -0.3 is 15.4 Å². The minimum Gasteiger partial charge on any atom is -0.491 e. The maximum absolute atomic E-state index is 12.2. The third-order valence-corrected chi connectivity index (χ3v) is 3.88. The molecule has 21 heavy (non-hydrogen) atoms. The van der Waals surface area contributed by atoms with E-state index in [-0.39, 0.29) is 12.0 Å². The van der Waals surface area contributed by atoms with Gasteiger partial charge in [-0.05, 0) is 57.4 Å². The van der Waals surface area contributed by atoms with Crippen molar-refractivity contribution in [3.63, 3.8) is 0 Å². The van der Waals surface area contributed by atoms with Gasteiger partial charge in [0.1, 0.15) is 5.75 Å². The predicted molar refractivity (Wildman–Crippen MR) is 84.7 cm³/mol. The molecule has 116 valence electrons. The Kier molecular flexibility index (Phi) is 5.62. The van der Waals surface area contributed by atoms with Crippen molar-refractivity contribution in [1.82, 2.24) is 10.6 Å². The van der Waals surface area contributed by atoms with Crippen LogP contribution < -0.4 is 15.4 Å². The maximum Gasteiger partial charge on any atom is 0.251 e. The molecule has 1 aliphatic heterocycles. The van der Waals surface area contributed by atoms with Gasteiger partial charge in [0.2, 0.25) is 0 Å². The van der Waals surface area contributed by atoms with E-state index in [1.54, 1.807) is 6.07 Å². The van der Waals surface area contributed by atoms with Gasteiger partial charge in [-0.3, -0.25) is 4.79 Å². The Bertz CT molecular complexity index is 474. The number of hydrogen-bond acceptors (Lipinski definition) is 3. The Balaban J connectivity index is 1.90. The summed E-state index contributed by atoms with van der Waals surface area (Å²) in [5.41, 5.74) is 0.650. The van der Waals surface area contributed by atoms with Crippen LogP contribution in [-0.4, -0.2) is 31.1 Å². The second-order valence-corrected chi connectivity index (χ2v) is 6.08. The summed E-state index contributed by atoms with van der Waals surface area (Å²) in [5, 5.41) is 6.50. The highest BCUT2D eigenvalue weighted by atomic mass is 16.5. The van der Waals surface area contributed by atoms with Gasteiger partial charge in [-0.1, -0.05) is 13.0 Å². The van der Waals surface area contributed by atoms with Gasteiger partial charge in [-0.15, -0.1) is 0 Å². The molecule has 4 nitrogen and oxygen atoms in total. The summed E-state index contributed by atoms with van der Waals surface area (Å²) in [7, 11) is 0. The molecule has 2 atom stereocenters. The van der Waals surface area contributed by atoms with Crippen LogP contribution >= 0.6 is 0 Å². The van der Waals surface area contributed by atoms with Gasteiger partial charge in [0.05, 0.1) is 6.10 Å². The second kappa shape index (κ2) is 7.46. The molecule has 0 radical (unpaired) electrons. The van der Waals surface area contributed by atoms with Gasteiger partial charge in [-0.25, -0.2) is 0 Å². The lowest BCUT2D eigenvalue weighted by atomic mass is 9.93. The standard InChI is InChI=1S/C17H26N2O2/c1-12(2)21-15-8-4-7-14(10-15)17(20)19-11-16-13(3)6-5-9-18-16/h4,7-8,10,12-13,16,18H,5-6,9,11H2,1-3H3,(H,19,20). The van der Waals surface area contributed by atoms with Crippen LogP contribution in [0.3, 0.4) is 0 Å². The molecule has 0 spiro atoms. The highest BCUT2D eigenvalue weighted by Gasteiger charge is 2.21. The third-order valence-electron chi connectivity index (χ3n) is 3.88. The normalized spacial score (nSPS) is 22.1. The summed E-state index contributed by atoms with van der Waals surface area (Å²) in [6.07, 6.45) is 2.56. The van der Waals surface area contributed by atoms with E-state index in [1.807, 2.05) is 32.0 Å². The lowest BCUT2D eigenvalue weighted by Crippen LogP contribution is -2.47. The van der Waals surface area contributed by atoms with Gasteiger partial charge >= 0.3 is 0 Å². The van der Waals surface area contributed by atoms with E-state index >= 15 is 0 Å². The van der Waals surface area contributed by atoms with Crippen LogP contribution in [0, 0.1) is 5.92 Å². The third kappa shape index (κ3) is 4.74. The molecule has 0 bridgehead atoms. The number of hydrogen-bond donors (Lipinski definition) is 2. The minimum absolute atomic E-state index is 0.0382. The molecule has 0 aliphatic carbocycles. The van der Waals surface area contributed by atoms with Gasteiger partial charge in [-0.2, -0.15) is 0 Å². The molecule has 1 heterocycles. The van der Waals surface area contributed by atoms with Crippen LogP contribution in [0.4, 0.5) is 0 Å². The number of rotatable bonds is 5. The lowest BCUT2D eigenvalue weighted by Gasteiger charge is -2.30. The molecule has 1 amide bonds. The molecule has 2 unspecified atom stereocenters. The van der Waals surface area contributed by atoms with Crippen molar-refractivity contribution >= 4 is 5.91 Å². The van der Waals surface area contributed by atoms with E-state index < -0.39 is 0 Å². The van der Waals surface area contributed by atoms with E-state index in [2.05, 4.69) is 17.6 Å². The van der Waals surface area contributed by atoms with Crippen molar-refractivity contribution in [2.45, 2.75) is 45.8 Å². The van der Waals surface area contributed by atoms with Crippen molar-refractivity contribution in [2.24, 2.45) is 5.92 Å². The number of nitrogens with one attached hydrogen (secondary N) is 2. The number of carbonyl (C=O) groups is 1. The molecule has 2 N–H and O–H groups in total. The summed E-state index contributed by atoms with van der Waals surface area (Å²) in [6.45, 7) is 7.91. The monoisotopic (exact) mass is 290 g/mol. The van der Waals surface area contributed by atoms with Crippen molar-refractivity contribution < 1.29 is 9.53 Å². The Hall–Kier alpha value is -1.55. The average Bonchev–Trinajstić information content (AvgIpc) is 2.45. The first kappa shape index (κ1) is 15.8. The molecule has 1 aliphatic rings. The van der Waals surface area contributed by atoms with E-state index in [4.69, 9.17) is 4.74 Å². The molecule has 1 aromatic carbocycles. The lowest BCUT2D eigenvalue weighted by molar-refractivity contribution is 0.0943. The van der Waals surface area contributed by atoms with Crippen LogP contribution in [0.2, 0.25) is 0 Å². The fourth-order valence-corrected chi connectivity index (χ4v) is 2.67. The topological polar surface area (TPSA) is 50.4 Å². The van der Waals surface area contributed by atoms with Crippen LogP contribution in [-0.2, 0) is 0 Å². The zero-order valence-corrected chi connectivity index (χ0v) is 13.2. The Morgan fingerprint density at radius 3 is 3.00 bits per heavy atom.